The number of thioether (sulfide) groups is 1. The van der Waals surface area contributed by atoms with Gasteiger partial charge in [-0.2, -0.15) is 0 Å². The normalized spacial score (nSPS) is 17.6. The summed E-state index contributed by atoms with van der Waals surface area (Å²) < 4.78 is 14.2. The van der Waals surface area contributed by atoms with Crippen molar-refractivity contribution >= 4 is 61.7 Å². The molecule has 2 aromatic carbocycles. The van der Waals surface area contributed by atoms with Gasteiger partial charge < -0.3 is 10.4 Å². The fraction of sp³-hybridized carbons (Fsp3) is 0.105. The number of nitrogens with one attached hydrogen (secondary N) is 1. The third kappa shape index (κ3) is 4.57. The molecule has 30 heavy (non-hydrogen) atoms. The number of amides is 1. The number of nitrogens with zero attached hydrogens (tertiary/aromatic N) is 2. The first kappa shape index (κ1) is 21.7. The minimum atomic E-state index is -1.22. The highest BCUT2D eigenvalue weighted by Gasteiger charge is 2.27. The van der Waals surface area contributed by atoms with Crippen LogP contribution in [-0.4, -0.2) is 27.1 Å². The van der Waals surface area contributed by atoms with E-state index in [0.29, 0.717) is 16.0 Å². The SMILES string of the molecule is CC(=C1SC(=Nc2ccc(C(Br)C(=O)O)c(F)c2)NC1=O)c1ccc([N+](=O)[O-])cc1. The number of carbonyl (C=O) groups excluding carboxylic acids is 1. The lowest BCUT2D eigenvalue weighted by atomic mass is 10.1. The smallest absolute Gasteiger partial charge is 0.321 e. The highest BCUT2D eigenvalue weighted by atomic mass is 79.9. The van der Waals surface area contributed by atoms with Crippen LogP contribution in [-0.2, 0) is 9.59 Å². The van der Waals surface area contributed by atoms with Crippen LogP contribution in [0, 0.1) is 15.9 Å². The summed E-state index contributed by atoms with van der Waals surface area (Å²) in [5, 5.41) is 22.6. The van der Waals surface area contributed by atoms with Gasteiger partial charge in [0.05, 0.1) is 15.5 Å². The fourth-order valence-corrected chi connectivity index (χ4v) is 3.90. The number of nitro groups is 1. The van der Waals surface area contributed by atoms with Gasteiger partial charge in [-0.15, -0.1) is 0 Å². The van der Waals surface area contributed by atoms with Gasteiger partial charge in [-0.25, -0.2) is 9.38 Å². The maximum atomic E-state index is 14.2. The first-order valence-corrected chi connectivity index (χ1v) is 10.1. The van der Waals surface area contributed by atoms with Gasteiger partial charge in [0, 0.05) is 17.7 Å². The van der Waals surface area contributed by atoms with Gasteiger partial charge in [-0.1, -0.05) is 22.0 Å². The molecule has 2 aromatic rings. The van der Waals surface area contributed by atoms with Gasteiger partial charge in [-0.05, 0) is 54.1 Å². The van der Waals surface area contributed by atoms with Crippen LogP contribution < -0.4 is 5.32 Å². The van der Waals surface area contributed by atoms with Gasteiger partial charge in [0.15, 0.2) is 5.17 Å². The molecule has 1 heterocycles. The number of non-ortho nitro benzene ring substituents is 1. The van der Waals surface area contributed by atoms with E-state index in [2.05, 4.69) is 26.2 Å². The minimum absolute atomic E-state index is 0.0378. The molecule has 1 atom stereocenters. The molecular weight excluding hydrogens is 481 g/mol. The van der Waals surface area contributed by atoms with E-state index in [1.165, 1.54) is 24.3 Å². The average Bonchev–Trinajstić information content (AvgIpc) is 3.07. The van der Waals surface area contributed by atoms with Crippen molar-refractivity contribution in [3.8, 4) is 0 Å². The number of aliphatic carboxylic acids is 1. The average molecular weight is 494 g/mol. The summed E-state index contributed by atoms with van der Waals surface area (Å²) in [6, 6.07) is 9.64. The van der Waals surface area contributed by atoms with Crippen LogP contribution in [0.4, 0.5) is 15.8 Å². The Bertz CT molecular complexity index is 1120. The second kappa shape index (κ2) is 8.76. The lowest BCUT2D eigenvalue weighted by Gasteiger charge is -2.07. The minimum Gasteiger partial charge on any atom is -0.480 e. The van der Waals surface area contributed by atoms with Crippen molar-refractivity contribution in [1.29, 1.82) is 0 Å². The van der Waals surface area contributed by atoms with Crippen LogP contribution in [0.25, 0.3) is 5.57 Å². The number of benzene rings is 2. The standard InChI is InChI=1S/C19H13BrFN3O5S/c1-9(10-2-5-12(6-3-10)24(28)29)16-17(25)23-19(30-16)22-11-4-7-13(14(21)8-11)15(20)18(26)27/h2-8,15H,1H3,(H,26,27)(H,22,23,25). The Balaban J connectivity index is 1.85. The predicted octanol–water partition coefficient (Wildman–Crippen LogP) is 4.54. The molecule has 0 bridgehead atoms. The van der Waals surface area contributed by atoms with Gasteiger partial charge in [0.25, 0.3) is 11.6 Å². The molecule has 1 aliphatic heterocycles. The molecule has 3 rings (SSSR count). The number of carbonyl (C=O) groups is 2. The van der Waals surface area contributed by atoms with Gasteiger partial charge >= 0.3 is 5.97 Å². The lowest BCUT2D eigenvalue weighted by molar-refractivity contribution is -0.384. The largest absolute Gasteiger partial charge is 0.480 e. The number of hydrogen-bond donors (Lipinski definition) is 2. The number of halogens is 2. The second-order valence-corrected chi connectivity index (χ2v) is 8.05. The Morgan fingerprint density at radius 2 is 1.97 bits per heavy atom. The monoisotopic (exact) mass is 493 g/mol. The van der Waals surface area contributed by atoms with Crippen LogP contribution in [0.1, 0.15) is 22.9 Å². The number of rotatable bonds is 5. The summed E-state index contributed by atoms with van der Waals surface area (Å²) in [6.07, 6.45) is 0. The van der Waals surface area contributed by atoms with Crippen molar-refractivity contribution in [3.05, 3.63) is 74.4 Å². The molecule has 8 nitrogen and oxygen atoms in total. The lowest BCUT2D eigenvalue weighted by Crippen LogP contribution is -2.19. The number of aliphatic imine (C=N–C) groups is 1. The number of amidine groups is 1. The van der Waals surface area contributed by atoms with Crippen molar-refractivity contribution in [2.45, 2.75) is 11.8 Å². The van der Waals surface area contributed by atoms with E-state index < -0.39 is 27.4 Å². The number of nitro benzene ring substituents is 1. The molecule has 1 amide bonds. The molecule has 1 saturated heterocycles. The number of carboxylic acid groups (broad SMARTS) is 1. The van der Waals surface area contributed by atoms with Gasteiger partial charge in [0.1, 0.15) is 10.6 Å². The van der Waals surface area contributed by atoms with E-state index in [1.54, 1.807) is 19.1 Å². The predicted molar refractivity (Wildman–Crippen MR) is 114 cm³/mol. The van der Waals surface area contributed by atoms with E-state index in [0.717, 1.165) is 17.8 Å². The molecule has 1 aliphatic rings. The van der Waals surface area contributed by atoms with Crippen LogP contribution in [0.2, 0.25) is 0 Å². The first-order chi connectivity index (χ1) is 14.2. The molecular formula is C19H13BrFN3O5S. The quantitative estimate of drug-likeness (QED) is 0.273. The van der Waals surface area contributed by atoms with Crippen molar-refractivity contribution < 1.29 is 24.0 Å². The number of carboxylic acids is 1. The molecule has 2 N–H and O–H groups in total. The summed E-state index contributed by atoms with van der Waals surface area (Å²) in [4.78, 5) is 37.0. The first-order valence-electron chi connectivity index (χ1n) is 8.37. The van der Waals surface area contributed by atoms with Crippen LogP contribution >= 0.6 is 27.7 Å². The molecule has 0 saturated carbocycles. The van der Waals surface area contributed by atoms with E-state index in [9.17, 15) is 24.1 Å². The molecule has 0 spiro atoms. The molecule has 1 fully saturated rings. The summed E-state index contributed by atoms with van der Waals surface area (Å²) in [6.45, 7) is 1.71. The Labute approximate surface area is 182 Å². The van der Waals surface area contributed by atoms with Gasteiger partial charge in [0.2, 0.25) is 0 Å². The molecule has 154 valence electrons. The third-order valence-corrected chi connectivity index (χ3v) is 6.15. The van der Waals surface area contributed by atoms with E-state index >= 15 is 0 Å². The molecule has 0 radical (unpaired) electrons. The van der Waals surface area contributed by atoms with E-state index in [1.807, 2.05) is 0 Å². The molecule has 11 heteroatoms. The Hall–Kier alpha value is -3.05. The van der Waals surface area contributed by atoms with Crippen LogP contribution in [0.3, 0.4) is 0 Å². The summed E-state index contributed by atoms with van der Waals surface area (Å²) in [5.74, 6) is -2.35. The summed E-state index contributed by atoms with van der Waals surface area (Å²) in [5.41, 5.74) is 1.37. The van der Waals surface area contributed by atoms with Gasteiger partial charge in [-0.3, -0.25) is 19.7 Å². The van der Waals surface area contributed by atoms with Crippen LogP contribution in [0.5, 0.6) is 0 Å². The number of alkyl halides is 1. The highest BCUT2D eigenvalue weighted by Crippen LogP contribution is 2.34. The zero-order valence-corrected chi connectivity index (χ0v) is 17.7. The van der Waals surface area contributed by atoms with Crippen molar-refractivity contribution in [1.82, 2.24) is 5.32 Å². The topological polar surface area (TPSA) is 122 Å². The third-order valence-electron chi connectivity index (χ3n) is 4.18. The molecule has 0 aromatic heterocycles. The zero-order valence-electron chi connectivity index (χ0n) is 15.3. The second-order valence-electron chi connectivity index (χ2n) is 6.14. The maximum Gasteiger partial charge on any atom is 0.321 e. The Morgan fingerprint density at radius 3 is 2.53 bits per heavy atom. The summed E-state index contributed by atoms with van der Waals surface area (Å²) >= 11 is 3.96. The number of allylic oxidation sites excluding steroid dienone is 1. The molecule has 1 unspecified atom stereocenters. The highest BCUT2D eigenvalue weighted by molar-refractivity contribution is 9.09. The Kier molecular flexibility index (Phi) is 6.32. The summed E-state index contributed by atoms with van der Waals surface area (Å²) in [7, 11) is 0. The fourth-order valence-electron chi connectivity index (χ4n) is 2.63. The van der Waals surface area contributed by atoms with Crippen LogP contribution in [0.15, 0.2) is 52.4 Å². The molecule has 0 aliphatic carbocycles. The van der Waals surface area contributed by atoms with Crippen molar-refractivity contribution in [2.24, 2.45) is 4.99 Å². The maximum absolute atomic E-state index is 14.2. The van der Waals surface area contributed by atoms with E-state index in [4.69, 9.17) is 5.11 Å². The number of hydrogen-bond acceptors (Lipinski definition) is 6. The Morgan fingerprint density at radius 1 is 1.30 bits per heavy atom. The zero-order chi connectivity index (χ0) is 22.0. The van der Waals surface area contributed by atoms with Crippen molar-refractivity contribution in [2.75, 3.05) is 0 Å². The van der Waals surface area contributed by atoms with Crippen molar-refractivity contribution in [3.63, 3.8) is 0 Å². The van der Waals surface area contributed by atoms with E-state index in [-0.39, 0.29) is 22.1 Å².